The third-order valence-electron chi connectivity index (χ3n) is 3.63. The average molecular weight is 250 g/mol. The van der Waals surface area contributed by atoms with Gasteiger partial charge in [0.25, 0.3) is 0 Å². The Morgan fingerprint density at radius 3 is 2.61 bits per heavy atom. The highest BCUT2D eigenvalue weighted by atomic mass is 19.1. The molecule has 0 unspecified atom stereocenters. The smallest absolute Gasteiger partial charge is 0.244 e. The number of carbonyl (C=O) groups is 1. The van der Waals surface area contributed by atoms with E-state index < -0.39 is 5.54 Å². The van der Waals surface area contributed by atoms with Crippen molar-refractivity contribution in [2.45, 2.75) is 44.6 Å². The highest BCUT2D eigenvalue weighted by Gasteiger charge is 2.35. The Bertz CT molecular complexity index is 453. The lowest BCUT2D eigenvalue weighted by Gasteiger charge is -2.31. The summed E-state index contributed by atoms with van der Waals surface area (Å²) >= 11 is 0. The fraction of sp³-hybridized carbons (Fsp3) is 0.500. The van der Waals surface area contributed by atoms with Crippen LogP contribution >= 0.6 is 0 Å². The molecule has 1 aromatic carbocycles. The first kappa shape index (κ1) is 13.0. The summed E-state index contributed by atoms with van der Waals surface area (Å²) in [6.07, 6.45) is 4.49. The maximum Gasteiger partial charge on any atom is 0.244 e. The first-order chi connectivity index (χ1) is 8.51. The topological polar surface area (TPSA) is 55.1 Å². The van der Waals surface area contributed by atoms with Crippen LogP contribution in [0.4, 0.5) is 10.1 Å². The number of benzene rings is 1. The van der Waals surface area contributed by atoms with Gasteiger partial charge in [0.15, 0.2) is 0 Å². The molecular formula is C14H19FN2O. The second-order valence-corrected chi connectivity index (χ2v) is 5.13. The Balaban J connectivity index is 2.08. The van der Waals surface area contributed by atoms with E-state index in [9.17, 15) is 9.18 Å². The van der Waals surface area contributed by atoms with Crippen LogP contribution in [0.3, 0.4) is 0 Å². The summed E-state index contributed by atoms with van der Waals surface area (Å²) < 4.78 is 13.4. The molecule has 0 radical (unpaired) electrons. The molecule has 3 N–H and O–H groups in total. The Morgan fingerprint density at radius 1 is 1.33 bits per heavy atom. The van der Waals surface area contributed by atoms with Gasteiger partial charge >= 0.3 is 0 Å². The molecule has 0 bridgehead atoms. The van der Waals surface area contributed by atoms with Crippen LogP contribution in [0.2, 0.25) is 0 Å². The SMILES string of the molecule is Cc1ccc(NC(=O)C2(N)CCCCC2)cc1F. The van der Waals surface area contributed by atoms with Crippen molar-refractivity contribution in [1.82, 2.24) is 0 Å². The zero-order valence-corrected chi connectivity index (χ0v) is 10.6. The molecule has 1 aliphatic carbocycles. The van der Waals surface area contributed by atoms with Gasteiger partial charge in [-0.05, 0) is 37.5 Å². The highest BCUT2D eigenvalue weighted by molar-refractivity contribution is 5.98. The third-order valence-corrected chi connectivity index (χ3v) is 3.63. The maximum absolute atomic E-state index is 13.4. The molecule has 0 saturated heterocycles. The molecule has 0 aliphatic heterocycles. The van der Waals surface area contributed by atoms with Crippen LogP contribution < -0.4 is 11.1 Å². The number of nitrogens with two attached hydrogens (primary N) is 1. The van der Waals surface area contributed by atoms with E-state index in [4.69, 9.17) is 5.73 Å². The summed E-state index contributed by atoms with van der Waals surface area (Å²) in [5.74, 6) is -0.520. The normalized spacial score (nSPS) is 18.4. The zero-order chi connectivity index (χ0) is 13.2. The number of carbonyl (C=O) groups excluding carboxylic acids is 1. The van der Waals surface area contributed by atoms with Gasteiger partial charge in [0, 0.05) is 5.69 Å². The molecule has 1 fully saturated rings. The van der Waals surface area contributed by atoms with Gasteiger partial charge in [-0.2, -0.15) is 0 Å². The van der Waals surface area contributed by atoms with E-state index in [1.165, 1.54) is 6.07 Å². The van der Waals surface area contributed by atoms with Crippen LogP contribution in [0.25, 0.3) is 0 Å². The van der Waals surface area contributed by atoms with Gasteiger partial charge in [0.2, 0.25) is 5.91 Å². The van der Waals surface area contributed by atoms with Crippen molar-refractivity contribution in [2.75, 3.05) is 5.32 Å². The summed E-state index contributed by atoms with van der Waals surface area (Å²) in [5.41, 5.74) is 6.35. The summed E-state index contributed by atoms with van der Waals surface area (Å²) in [5, 5.41) is 2.72. The fourth-order valence-corrected chi connectivity index (χ4v) is 2.34. The number of hydrogen-bond acceptors (Lipinski definition) is 2. The Labute approximate surface area is 107 Å². The lowest BCUT2D eigenvalue weighted by molar-refractivity contribution is -0.122. The number of nitrogens with one attached hydrogen (secondary N) is 1. The van der Waals surface area contributed by atoms with Gasteiger partial charge in [0.1, 0.15) is 5.82 Å². The van der Waals surface area contributed by atoms with E-state index in [0.717, 1.165) is 19.3 Å². The largest absolute Gasteiger partial charge is 0.324 e. The molecule has 0 atom stereocenters. The first-order valence-electron chi connectivity index (χ1n) is 6.38. The van der Waals surface area contributed by atoms with Gasteiger partial charge in [-0.15, -0.1) is 0 Å². The minimum absolute atomic E-state index is 0.203. The molecule has 0 aromatic heterocycles. The van der Waals surface area contributed by atoms with Crippen LogP contribution in [0.1, 0.15) is 37.7 Å². The van der Waals surface area contributed by atoms with Crippen LogP contribution in [-0.4, -0.2) is 11.4 Å². The molecule has 4 heteroatoms. The standard InChI is InChI=1S/C14H19FN2O/c1-10-5-6-11(9-12(10)15)17-13(18)14(16)7-3-2-4-8-14/h5-6,9H,2-4,7-8,16H2,1H3,(H,17,18). The predicted octanol–water partition coefficient (Wildman–Crippen LogP) is 2.73. The van der Waals surface area contributed by atoms with Crippen molar-refractivity contribution >= 4 is 11.6 Å². The molecule has 98 valence electrons. The number of amides is 1. The zero-order valence-electron chi connectivity index (χ0n) is 10.6. The molecule has 0 spiro atoms. The summed E-state index contributed by atoms with van der Waals surface area (Å²) in [7, 11) is 0. The molecule has 3 nitrogen and oxygen atoms in total. The molecule has 18 heavy (non-hydrogen) atoms. The maximum atomic E-state index is 13.4. The molecule has 1 amide bonds. The molecule has 0 heterocycles. The minimum atomic E-state index is -0.792. The first-order valence-corrected chi connectivity index (χ1v) is 6.38. The van der Waals surface area contributed by atoms with Gasteiger partial charge in [-0.3, -0.25) is 4.79 Å². The Kier molecular flexibility index (Phi) is 3.66. The van der Waals surface area contributed by atoms with E-state index in [-0.39, 0.29) is 11.7 Å². The number of halogens is 1. The number of aryl methyl sites for hydroxylation is 1. The highest BCUT2D eigenvalue weighted by Crippen LogP contribution is 2.27. The molecule has 2 rings (SSSR count). The molecule has 1 aromatic rings. The predicted molar refractivity (Wildman–Crippen MR) is 69.8 cm³/mol. The third kappa shape index (κ3) is 2.70. The van der Waals surface area contributed by atoms with E-state index in [1.807, 2.05) is 0 Å². The van der Waals surface area contributed by atoms with Crippen LogP contribution in [0.15, 0.2) is 18.2 Å². The van der Waals surface area contributed by atoms with Crippen molar-refractivity contribution in [3.05, 3.63) is 29.6 Å². The molecule has 1 aliphatic rings. The van der Waals surface area contributed by atoms with E-state index in [1.54, 1.807) is 19.1 Å². The van der Waals surface area contributed by atoms with Gasteiger partial charge in [0.05, 0.1) is 5.54 Å². The van der Waals surface area contributed by atoms with Gasteiger partial charge < -0.3 is 11.1 Å². The van der Waals surface area contributed by atoms with E-state index in [2.05, 4.69) is 5.32 Å². The van der Waals surface area contributed by atoms with Crippen molar-refractivity contribution in [3.8, 4) is 0 Å². The lowest BCUT2D eigenvalue weighted by Crippen LogP contribution is -2.52. The number of rotatable bonds is 2. The lowest BCUT2D eigenvalue weighted by atomic mass is 9.82. The summed E-state index contributed by atoms with van der Waals surface area (Å²) in [4.78, 5) is 12.1. The number of anilines is 1. The second-order valence-electron chi connectivity index (χ2n) is 5.13. The van der Waals surface area contributed by atoms with Crippen LogP contribution in [-0.2, 0) is 4.79 Å². The van der Waals surface area contributed by atoms with Crippen molar-refractivity contribution in [1.29, 1.82) is 0 Å². The van der Waals surface area contributed by atoms with Crippen molar-refractivity contribution in [2.24, 2.45) is 5.73 Å². The van der Waals surface area contributed by atoms with Crippen molar-refractivity contribution in [3.63, 3.8) is 0 Å². The van der Waals surface area contributed by atoms with Crippen LogP contribution in [0.5, 0.6) is 0 Å². The van der Waals surface area contributed by atoms with Crippen LogP contribution in [0, 0.1) is 12.7 Å². The number of hydrogen-bond donors (Lipinski definition) is 2. The van der Waals surface area contributed by atoms with Gasteiger partial charge in [-0.1, -0.05) is 25.3 Å². The van der Waals surface area contributed by atoms with E-state index >= 15 is 0 Å². The Hall–Kier alpha value is -1.42. The minimum Gasteiger partial charge on any atom is -0.324 e. The second kappa shape index (κ2) is 5.06. The summed E-state index contributed by atoms with van der Waals surface area (Å²) in [6.45, 7) is 1.69. The van der Waals surface area contributed by atoms with Crippen molar-refractivity contribution < 1.29 is 9.18 Å². The molecule has 1 saturated carbocycles. The van der Waals surface area contributed by atoms with E-state index in [0.29, 0.717) is 24.1 Å². The fourth-order valence-electron chi connectivity index (χ4n) is 2.34. The monoisotopic (exact) mass is 250 g/mol. The molecular weight excluding hydrogens is 231 g/mol. The summed E-state index contributed by atoms with van der Waals surface area (Å²) in [6, 6.07) is 4.68. The average Bonchev–Trinajstić information content (AvgIpc) is 2.35. The quantitative estimate of drug-likeness (QED) is 0.848. The Morgan fingerprint density at radius 2 is 2.00 bits per heavy atom. The van der Waals surface area contributed by atoms with Gasteiger partial charge in [-0.25, -0.2) is 4.39 Å².